The average molecular weight is 393 g/mol. The van der Waals surface area contributed by atoms with Gasteiger partial charge in [-0.2, -0.15) is 0 Å². The second-order valence-electron chi connectivity index (χ2n) is 8.37. The normalized spacial score (nSPS) is 15.5. The van der Waals surface area contributed by atoms with Crippen molar-refractivity contribution in [3.8, 4) is 11.5 Å². The maximum Gasteiger partial charge on any atom is 0.199 e. The van der Waals surface area contributed by atoms with Gasteiger partial charge in [-0.25, -0.2) is 15.0 Å². The van der Waals surface area contributed by atoms with E-state index in [2.05, 4.69) is 47.1 Å². The van der Waals surface area contributed by atoms with Crippen LogP contribution in [0.3, 0.4) is 0 Å². The second kappa shape index (κ2) is 7.54. The van der Waals surface area contributed by atoms with Gasteiger partial charge in [-0.15, -0.1) is 0 Å². The summed E-state index contributed by atoms with van der Waals surface area (Å²) < 4.78 is 1.97. The molecule has 29 heavy (non-hydrogen) atoms. The minimum atomic E-state index is -0.168. The third-order valence-electron chi connectivity index (χ3n) is 5.95. The first-order valence-corrected chi connectivity index (χ1v) is 10.3. The zero-order valence-corrected chi connectivity index (χ0v) is 17.7. The van der Waals surface area contributed by atoms with Crippen LogP contribution in [0.1, 0.15) is 69.1 Å². The molecule has 4 rings (SSSR count). The number of carbonyl (C=O) groups is 1. The maximum atomic E-state index is 12.0. The summed E-state index contributed by atoms with van der Waals surface area (Å²) in [6.07, 6.45) is 5.55. The molecule has 1 saturated carbocycles. The molecule has 7 nitrogen and oxygen atoms in total. The summed E-state index contributed by atoms with van der Waals surface area (Å²) in [6.45, 7) is 7.97. The first-order valence-electron chi connectivity index (χ1n) is 10.3. The van der Waals surface area contributed by atoms with Gasteiger partial charge in [0.1, 0.15) is 11.2 Å². The minimum absolute atomic E-state index is 0.168. The van der Waals surface area contributed by atoms with E-state index >= 15 is 0 Å². The highest BCUT2D eigenvalue weighted by Gasteiger charge is 2.26. The van der Waals surface area contributed by atoms with Gasteiger partial charge in [0, 0.05) is 26.2 Å². The van der Waals surface area contributed by atoms with Crippen molar-refractivity contribution in [1.82, 2.24) is 24.5 Å². The van der Waals surface area contributed by atoms with Crippen molar-refractivity contribution in [2.45, 2.75) is 58.9 Å². The number of nitrogens with zero attached hydrogens (tertiary/aromatic N) is 5. The molecule has 0 bridgehead atoms. The number of rotatable bonds is 6. The molecular formula is C22H28N6O. The molecule has 1 fully saturated rings. The highest BCUT2D eigenvalue weighted by Crippen LogP contribution is 2.33. The van der Waals surface area contributed by atoms with Crippen molar-refractivity contribution in [3.63, 3.8) is 0 Å². The van der Waals surface area contributed by atoms with Crippen LogP contribution in [0.15, 0.2) is 18.3 Å². The maximum absolute atomic E-state index is 12.0. The molecule has 3 aromatic rings. The lowest BCUT2D eigenvalue weighted by Gasteiger charge is -2.32. The molecule has 1 aliphatic rings. The lowest BCUT2D eigenvalue weighted by Crippen LogP contribution is -2.31. The predicted molar refractivity (Wildman–Crippen MR) is 114 cm³/mol. The number of aryl methyl sites for hydroxylation is 1. The van der Waals surface area contributed by atoms with Gasteiger partial charge >= 0.3 is 0 Å². The van der Waals surface area contributed by atoms with Crippen LogP contribution in [0.5, 0.6) is 0 Å². The van der Waals surface area contributed by atoms with Crippen molar-refractivity contribution in [2.75, 3.05) is 5.32 Å². The minimum Gasteiger partial charge on any atom is -0.365 e. The van der Waals surface area contributed by atoms with Crippen molar-refractivity contribution in [3.05, 3.63) is 29.7 Å². The summed E-state index contributed by atoms with van der Waals surface area (Å²) in [4.78, 5) is 30.2. The smallest absolute Gasteiger partial charge is 0.199 e. The zero-order valence-electron chi connectivity index (χ0n) is 17.7. The Hall–Kier alpha value is -2.83. The molecule has 0 spiro atoms. The van der Waals surface area contributed by atoms with Crippen LogP contribution in [-0.4, -0.2) is 36.3 Å². The SMILES string of the molecule is CC(=O)c1nc(NC(C)C2CCC2)c2c(n1)nc(-c1cc(C(C)C)ccn1)n2C. The number of anilines is 1. The molecule has 152 valence electrons. The number of imidazole rings is 1. The van der Waals surface area contributed by atoms with Gasteiger partial charge in [-0.3, -0.25) is 9.78 Å². The second-order valence-corrected chi connectivity index (χ2v) is 8.37. The predicted octanol–water partition coefficient (Wildman–Crippen LogP) is 4.35. The van der Waals surface area contributed by atoms with Gasteiger partial charge in [0.25, 0.3) is 0 Å². The van der Waals surface area contributed by atoms with Crippen LogP contribution >= 0.6 is 0 Å². The zero-order chi connectivity index (χ0) is 20.7. The molecule has 3 heterocycles. The van der Waals surface area contributed by atoms with Crippen molar-refractivity contribution in [1.29, 1.82) is 0 Å². The lowest BCUT2D eigenvalue weighted by atomic mass is 9.80. The number of fused-ring (bicyclic) bond motifs is 1. The topological polar surface area (TPSA) is 85.6 Å². The number of ketones is 1. The van der Waals surface area contributed by atoms with Gasteiger partial charge < -0.3 is 9.88 Å². The van der Waals surface area contributed by atoms with E-state index in [1.165, 1.54) is 31.7 Å². The van der Waals surface area contributed by atoms with E-state index in [0.29, 0.717) is 23.3 Å². The lowest BCUT2D eigenvalue weighted by molar-refractivity contribution is 0.100. The number of aromatic nitrogens is 5. The Morgan fingerprint density at radius 3 is 2.59 bits per heavy atom. The van der Waals surface area contributed by atoms with Crippen molar-refractivity contribution in [2.24, 2.45) is 13.0 Å². The number of pyridine rings is 1. The largest absolute Gasteiger partial charge is 0.365 e. The molecule has 1 N–H and O–H groups in total. The van der Waals surface area contributed by atoms with Gasteiger partial charge in [0.15, 0.2) is 28.9 Å². The molecule has 1 aliphatic carbocycles. The monoisotopic (exact) mass is 392 g/mol. The van der Waals surface area contributed by atoms with Crippen LogP contribution in [0.25, 0.3) is 22.7 Å². The number of Topliss-reactive ketones (excluding diaryl/α,β-unsaturated/α-hetero) is 1. The summed E-state index contributed by atoms with van der Waals surface area (Å²) in [5, 5.41) is 3.53. The Balaban J connectivity index is 1.84. The molecule has 1 unspecified atom stereocenters. The molecular weight excluding hydrogens is 364 g/mol. The Kier molecular flexibility index (Phi) is 5.06. The third kappa shape index (κ3) is 3.61. The standard InChI is InChI=1S/C22H28N6O/c1-12(2)16-9-10-23-17(11-16)22-27-21-18(28(22)5)20(25-19(26-21)14(4)29)24-13(3)15-7-6-8-15/h9-13,15H,6-8H2,1-5H3,(H,24,25,26). The fraction of sp³-hybridized carbons (Fsp3) is 0.500. The molecule has 3 aromatic heterocycles. The van der Waals surface area contributed by atoms with Crippen molar-refractivity contribution >= 4 is 22.8 Å². The van der Waals surface area contributed by atoms with Crippen LogP contribution < -0.4 is 5.32 Å². The van der Waals surface area contributed by atoms with E-state index < -0.39 is 0 Å². The molecule has 0 radical (unpaired) electrons. The quantitative estimate of drug-likeness (QED) is 0.628. The first-order chi connectivity index (χ1) is 13.8. The summed E-state index contributed by atoms with van der Waals surface area (Å²) in [5.74, 6) is 2.44. The number of nitrogens with one attached hydrogen (secondary N) is 1. The van der Waals surface area contributed by atoms with Crippen LogP contribution in [0, 0.1) is 5.92 Å². The molecule has 7 heteroatoms. The highest BCUT2D eigenvalue weighted by atomic mass is 16.1. The van der Waals surface area contributed by atoms with E-state index in [1.54, 1.807) is 0 Å². The Morgan fingerprint density at radius 2 is 1.97 bits per heavy atom. The Labute approximate surface area is 171 Å². The number of hydrogen-bond acceptors (Lipinski definition) is 6. The summed E-state index contributed by atoms with van der Waals surface area (Å²) in [5.41, 5.74) is 3.31. The molecule has 0 saturated heterocycles. The Morgan fingerprint density at radius 1 is 1.21 bits per heavy atom. The first kappa shape index (κ1) is 19.5. The van der Waals surface area contributed by atoms with Gasteiger partial charge in [0.2, 0.25) is 0 Å². The fourth-order valence-corrected chi connectivity index (χ4v) is 3.80. The number of carbonyl (C=O) groups excluding carboxylic acids is 1. The van der Waals surface area contributed by atoms with Crippen LogP contribution in [0.4, 0.5) is 5.82 Å². The molecule has 0 amide bonds. The molecule has 0 aliphatic heterocycles. The fourth-order valence-electron chi connectivity index (χ4n) is 3.80. The number of hydrogen-bond donors (Lipinski definition) is 1. The van der Waals surface area contributed by atoms with Crippen LogP contribution in [0.2, 0.25) is 0 Å². The summed E-state index contributed by atoms with van der Waals surface area (Å²) in [7, 11) is 1.95. The average Bonchev–Trinajstić information content (AvgIpc) is 2.97. The van der Waals surface area contributed by atoms with E-state index in [0.717, 1.165) is 17.0 Å². The summed E-state index contributed by atoms with van der Waals surface area (Å²) in [6, 6.07) is 4.37. The Bertz CT molecular complexity index is 1070. The third-order valence-corrected chi connectivity index (χ3v) is 5.95. The van der Waals surface area contributed by atoms with Crippen LogP contribution in [-0.2, 0) is 7.05 Å². The van der Waals surface area contributed by atoms with E-state index in [-0.39, 0.29) is 17.6 Å². The molecule has 0 aromatic carbocycles. The van der Waals surface area contributed by atoms with E-state index in [4.69, 9.17) is 4.98 Å². The van der Waals surface area contributed by atoms with E-state index in [9.17, 15) is 4.79 Å². The highest BCUT2D eigenvalue weighted by molar-refractivity contribution is 5.95. The molecule has 1 atom stereocenters. The van der Waals surface area contributed by atoms with Gasteiger partial charge in [-0.1, -0.05) is 20.3 Å². The van der Waals surface area contributed by atoms with E-state index in [1.807, 2.05) is 23.9 Å². The van der Waals surface area contributed by atoms with Gasteiger partial charge in [-0.05, 0) is 49.3 Å². The summed E-state index contributed by atoms with van der Waals surface area (Å²) >= 11 is 0. The van der Waals surface area contributed by atoms with Gasteiger partial charge in [0.05, 0.1) is 0 Å². The van der Waals surface area contributed by atoms with Crippen molar-refractivity contribution < 1.29 is 4.79 Å².